The predicted molar refractivity (Wildman–Crippen MR) is 84.8 cm³/mol. The highest BCUT2D eigenvalue weighted by Gasteiger charge is 1.98. The van der Waals surface area contributed by atoms with Crippen LogP contribution in [0.3, 0.4) is 0 Å². The first-order valence-corrected chi connectivity index (χ1v) is 7.09. The van der Waals surface area contributed by atoms with Crippen LogP contribution in [0.25, 0.3) is 6.08 Å². The molecule has 0 aromatic heterocycles. The number of rotatable bonds is 6. The van der Waals surface area contributed by atoms with Crippen LogP contribution < -0.4 is 0 Å². The zero-order valence-electron chi connectivity index (χ0n) is 11.3. The van der Waals surface area contributed by atoms with Gasteiger partial charge in [0.15, 0.2) is 0 Å². The fourth-order valence-electron chi connectivity index (χ4n) is 2.02. The average molecular weight is 285 g/mol. The second-order valence-corrected chi connectivity index (χ2v) is 5.12. The Morgan fingerprint density at radius 3 is 2.30 bits per heavy atom. The standard InChI is InChI=1S/C18H17ClO/c19-18(20)14-17-12-10-16(11-13-17)9-5-4-8-15-6-2-1-3-7-15/h1-3,5-7,9-13H,4,8,14H2/b9-5+. The van der Waals surface area contributed by atoms with E-state index >= 15 is 0 Å². The lowest BCUT2D eigenvalue weighted by molar-refractivity contribution is -0.111. The van der Waals surface area contributed by atoms with Crippen LogP contribution in [0, 0.1) is 0 Å². The van der Waals surface area contributed by atoms with Crippen LogP contribution in [0.1, 0.15) is 23.1 Å². The molecule has 0 aliphatic carbocycles. The minimum absolute atomic E-state index is 0.291. The van der Waals surface area contributed by atoms with Crippen molar-refractivity contribution in [1.29, 1.82) is 0 Å². The van der Waals surface area contributed by atoms with Crippen molar-refractivity contribution in [1.82, 2.24) is 0 Å². The molecule has 1 nitrogen and oxygen atoms in total. The van der Waals surface area contributed by atoms with Gasteiger partial charge in [-0.2, -0.15) is 0 Å². The molecule has 0 spiro atoms. The van der Waals surface area contributed by atoms with Crippen molar-refractivity contribution in [3.8, 4) is 0 Å². The molecule has 0 aliphatic rings. The SMILES string of the molecule is O=C(Cl)Cc1ccc(/C=C/CCc2ccccc2)cc1. The normalized spacial score (nSPS) is 10.8. The zero-order chi connectivity index (χ0) is 14.2. The van der Waals surface area contributed by atoms with Gasteiger partial charge in [-0.15, -0.1) is 0 Å². The van der Waals surface area contributed by atoms with E-state index in [2.05, 4.69) is 36.4 Å². The number of carbonyl (C=O) groups excluding carboxylic acids is 1. The van der Waals surface area contributed by atoms with Crippen LogP contribution in [0.15, 0.2) is 60.7 Å². The third-order valence-corrected chi connectivity index (χ3v) is 3.21. The zero-order valence-corrected chi connectivity index (χ0v) is 12.0. The lowest BCUT2D eigenvalue weighted by Crippen LogP contribution is -1.92. The van der Waals surface area contributed by atoms with Crippen molar-refractivity contribution in [3.05, 3.63) is 77.4 Å². The molecule has 0 amide bonds. The molecule has 0 N–H and O–H groups in total. The maximum absolute atomic E-state index is 10.8. The second kappa shape index (κ2) is 7.66. The monoisotopic (exact) mass is 284 g/mol. The number of hydrogen-bond donors (Lipinski definition) is 0. The Morgan fingerprint density at radius 2 is 1.65 bits per heavy atom. The van der Waals surface area contributed by atoms with Gasteiger partial charge in [0, 0.05) is 6.42 Å². The van der Waals surface area contributed by atoms with E-state index in [4.69, 9.17) is 11.6 Å². The third-order valence-electron chi connectivity index (χ3n) is 3.08. The summed E-state index contributed by atoms with van der Waals surface area (Å²) in [6.07, 6.45) is 6.64. The van der Waals surface area contributed by atoms with Gasteiger partial charge in [0.1, 0.15) is 0 Å². The molecule has 2 rings (SSSR count). The van der Waals surface area contributed by atoms with Crippen molar-refractivity contribution < 1.29 is 4.79 Å². The Morgan fingerprint density at radius 1 is 0.950 bits per heavy atom. The molecule has 0 fully saturated rings. The first kappa shape index (κ1) is 14.5. The summed E-state index contributed by atoms with van der Waals surface area (Å²) in [5.41, 5.74) is 3.45. The number of halogens is 1. The summed E-state index contributed by atoms with van der Waals surface area (Å²) in [5, 5.41) is -0.323. The maximum Gasteiger partial charge on any atom is 0.226 e. The van der Waals surface area contributed by atoms with E-state index in [9.17, 15) is 4.79 Å². The fourth-order valence-corrected chi connectivity index (χ4v) is 2.18. The Kier molecular flexibility index (Phi) is 5.57. The molecule has 0 bridgehead atoms. The number of aryl methyl sites for hydroxylation is 1. The Bertz CT molecular complexity index is 570. The summed E-state index contributed by atoms with van der Waals surface area (Å²) in [7, 11) is 0. The van der Waals surface area contributed by atoms with E-state index in [0.29, 0.717) is 6.42 Å². The third kappa shape index (κ3) is 5.02. The number of benzene rings is 2. The van der Waals surface area contributed by atoms with Crippen LogP contribution in [-0.4, -0.2) is 5.24 Å². The molecule has 2 aromatic carbocycles. The molecule has 0 unspecified atom stereocenters. The van der Waals surface area contributed by atoms with Crippen LogP contribution in [-0.2, 0) is 17.6 Å². The molecule has 0 atom stereocenters. The minimum Gasteiger partial charge on any atom is -0.281 e. The number of carbonyl (C=O) groups is 1. The summed E-state index contributed by atoms with van der Waals surface area (Å²) in [6.45, 7) is 0. The summed E-state index contributed by atoms with van der Waals surface area (Å²) in [5.74, 6) is 0. The van der Waals surface area contributed by atoms with Gasteiger partial charge in [-0.05, 0) is 41.1 Å². The highest BCUT2D eigenvalue weighted by molar-refractivity contribution is 6.63. The second-order valence-electron chi connectivity index (χ2n) is 4.70. The van der Waals surface area contributed by atoms with Gasteiger partial charge in [-0.25, -0.2) is 0 Å². The molecule has 102 valence electrons. The van der Waals surface area contributed by atoms with Crippen LogP contribution in [0.4, 0.5) is 0 Å². The van der Waals surface area contributed by atoms with Gasteiger partial charge in [0.25, 0.3) is 0 Å². The van der Waals surface area contributed by atoms with Crippen LogP contribution in [0.5, 0.6) is 0 Å². The lowest BCUT2D eigenvalue weighted by Gasteiger charge is -1.99. The average Bonchev–Trinajstić information content (AvgIpc) is 2.46. The number of hydrogen-bond acceptors (Lipinski definition) is 1. The quantitative estimate of drug-likeness (QED) is 0.706. The van der Waals surface area contributed by atoms with Crippen LogP contribution >= 0.6 is 11.6 Å². The molecule has 0 aliphatic heterocycles. The largest absolute Gasteiger partial charge is 0.281 e. The van der Waals surface area contributed by atoms with Gasteiger partial charge < -0.3 is 0 Å². The first-order chi connectivity index (χ1) is 9.74. The van der Waals surface area contributed by atoms with Gasteiger partial charge in [0.05, 0.1) is 0 Å². The van der Waals surface area contributed by atoms with Crippen LogP contribution in [0.2, 0.25) is 0 Å². The van der Waals surface area contributed by atoms with E-state index in [1.165, 1.54) is 5.56 Å². The highest BCUT2D eigenvalue weighted by Crippen LogP contribution is 2.09. The minimum atomic E-state index is -0.323. The Hall–Kier alpha value is -1.86. The fraction of sp³-hybridized carbons (Fsp3) is 0.167. The van der Waals surface area contributed by atoms with Crippen molar-refractivity contribution in [2.75, 3.05) is 0 Å². The maximum atomic E-state index is 10.8. The smallest absolute Gasteiger partial charge is 0.226 e. The number of allylic oxidation sites excluding steroid dienone is 1. The topological polar surface area (TPSA) is 17.1 Å². The van der Waals surface area contributed by atoms with E-state index in [-0.39, 0.29) is 5.24 Å². The molecule has 20 heavy (non-hydrogen) atoms. The first-order valence-electron chi connectivity index (χ1n) is 6.72. The van der Waals surface area contributed by atoms with Gasteiger partial charge in [-0.3, -0.25) is 4.79 Å². The van der Waals surface area contributed by atoms with Gasteiger partial charge >= 0.3 is 0 Å². The molecule has 2 aromatic rings. The Balaban J connectivity index is 1.83. The lowest BCUT2D eigenvalue weighted by atomic mass is 10.1. The van der Waals surface area contributed by atoms with Crippen molar-refractivity contribution in [2.24, 2.45) is 0 Å². The molecular formula is C18H17ClO. The summed E-state index contributed by atoms with van der Waals surface area (Å²) in [4.78, 5) is 10.8. The predicted octanol–water partition coefficient (Wildman–Crippen LogP) is 4.64. The summed E-state index contributed by atoms with van der Waals surface area (Å²) < 4.78 is 0. The van der Waals surface area contributed by atoms with Gasteiger partial charge in [-0.1, -0.05) is 66.7 Å². The molecule has 2 heteroatoms. The van der Waals surface area contributed by atoms with Crippen molar-refractivity contribution >= 4 is 22.9 Å². The van der Waals surface area contributed by atoms with E-state index < -0.39 is 0 Å². The van der Waals surface area contributed by atoms with Crippen molar-refractivity contribution in [2.45, 2.75) is 19.3 Å². The highest BCUT2D eigenvalue weighted by atomic mass is 35.5. The molecule has 0 saturated carbocycles. The summed E-state index contributed by atoms with van der Waals surface area (Å²) in [6, 6.07) is 18.4. The van der Waals surface area contributed by atoms with Gasteiger partial charge in [0.2, 0.25) is 5.24 Å². The van der Waals surface area contributed by atoms with E-state index in [1.54, 1.807) is 0 Å². The van der Waals surface area contributed by atoms with E-state index in [1.807, 2.05) is 30.3 Å². The Labute approximate surface area is 124 Å². The molecular weight excluding hydrogens is 268 g/mol. The molecule has 0 heterocycles. The molecule has 0 saturated heterocycles. The van der Waals surface area contributed by atoms with Crippen molar-refractivity contribution in [3.63, 3.8) is 0 Å². The van der Waals surface area contributed by atoms with E-state index in [0.717, 1.165) is 24.0 Å². The summed E-state index contributed by atoms with van der Waals surface area (Å²) >= 11 is 5.36. The molecule has 0 radical (unpaired) electrons.